The van der Waals surface area contributed by atoms with Crippen LogP contribution in [0.15, 0.2) is 53.1 Å². The molecule has 106 valence electrons. The van der Waals surface area contributed by atoms with Gasteiger partial charge in [-0.25, -0.2) is 4.68 Å². The number of nitrogen functional groups attached to an aromatic ring is 1. The summed E-state index contributed by atoms with van der Waals surface area (Å²) < 4.78 is 2.83. The van der Waals surface area contributed by atoms with Crippen LogP contribution >= 0.6 is 15.9 Å². The average molecular weight is 342 g/mol. The summed E-state index contributed by atoms with van der Waals surface area (Å²) in [5.74, 6) is 0. The molecular formula is C17H16BrN3. The third kappa shape index (κ3) is 2.72. The summed E-state index contributed by atoms with van der Waals surface area (Å²) in [4.78, 5) is 0. The molecule has 0 spiro atoms. The molecule has 0 saturated carbocycles. The quantitative estimate of drug-likeness (QED) is 0.745. The Balaban J connectivity index is 2.12. The van der Waals surface area contributed by atoms with Crippen LogP contribution < -0.4 is 5.73 Å². The number of nitrogens with zero attached hydrogens (tertiary/aromatic N) is 2. The summed E-state index contributed by atoms with van der Waals surface area (Å²) in [5.41, 5.74) is 12.1. The Labute approximate surface area is 132 Å². The fourth-order valence-corrected chi connectivity index (χ4v) is 2.73. The van der Waals surface area contributed by atoms with Crippen molar-refractivity contribution in [2.45, 2.75) is 13.8 Å². The molecule has 0 amide bonds. The van der Waals surface area contributed by atoms with Gasteiger partial charge in [-0.2, -0.15) is 5.10 Å². The largest absolute Gasteiger partial charge is 0.396 e. The van der Waals surface area contributed by atoms with Gasteiger partial charge in [-0.15, -0.1) is 0 Å². The van der Waals surface area contributed by atoms with Crippen molar-refractivity contribution in [1.82, 2.24) is 9.78 Å². The third-order valence-electron chi connectivity index (χ3n) is 3.46. The third-order valence-corrected chi connectivity index (χ3v) is 3.96. The number of rotatable bonds is 2. The Bertz CT molecular complexity index is 806. The average Bonchev–Trinajstić information content (AvgIpc) is 2.83. The number of benzene rings is 2. The molecule has 21 heavy (non-hydrogen) atoms. The van der Waals surface area contributed by atoms with Gasteiger partial charge >= 0.3 is 0 Å². The smallest absolute Gasteiger partial charge is 0.116 e. The highest BCUT2D eigenvalue weighted by atomic mass is 79.9. The summed E-state index contributed by atoms with van der Waals surface area (Å²) in [6.45, 7) is 4.15. The molecule has 3 nitrogen and oxygen atoms in total. The first-order valence-electron chi connectivity index (χ1n) is 6.73. The molecule has 0 aliphatic carbocycles. The van der Waals surface area contributed by atoms with E-state index >= 15 is 0 Å². The topological polar surface area (TPSA) is 43.8 Å². The lowest BCUT2D eigenvalue weighted by atomic mass is 10.0. The molecule has 0 aliphatic rings. The lowest BCUT2D eigenvalue weighted by Gasteiger charge is -2.05. The van der Waals surface area contributed by atoms with Crippen molar-refractivity contribution in [3.8, 4) is 16.9 Å². The van der Waals surface area contributed by atoms with Crippen LogP contribution in [0.5, 0.6) is 0 Å². The van der Waals surface area contributed by atoms with E-state index in [1.807, 2.05) is 35.1 Å². The van der Waals surface area contributed by atoms with Crippen molar-refractivity contribution in [3.63, 3.8) is 0 Å². The van der Waals surface area contributed by atoms with E-state index in [2.05, 4.69) is 53.1 Å². The first kappa shape index (κ1) is 13.9. The highest BCUT2D eigenvalue weighted by Gasteiger charge is 2.12. The van der Waals surface area contributed by atoms with Gasteiger partial charge in [-0.1, -0.05) is 39.7 Å². The molecule has 3 rings (SSSR count). The summed E-state index contributed by atoms with van der Waals surface area (Å²) in [6.07, 6.45) is 1.86. The van der Waals surface area contributed by atoms with Crippen LogP contribution in [-0.2, 0) is 0 Å². The van der Waals surface area contributed by atoms with Crippen molar-refractivity contribution >= 4 is 21.6 Å². The van der Waals surface area contributed by atoms with Gasteiger partial charge in [0, 0.05) is 10.0 Å². The first-order valence-corrected chi connectivity index (χ1v) is 7.52. The molecule has 0 saturated heterocycles. The maximum absolute atomic E-state index is 6.17. The van der Waals surface area contributed by atoms with Gasteiger partial charge < -0.3 is 5.73 Å². The van der Waals surface area contributed by atoms with Gasteiger partial charge in [0.2, 0.25) is 0 Å². The van der Waals surface area contributed by atoms with Crippen LogP contribution in [0.2, 0.25) is 0 Å². The second-order valence-corrected chi connectivity index (χ2v) is 6.09. The van der Waals surface area contributed by atoms with Gasteiger partial charge in [0.25, 0.3) is 0 Å². The van der Waals surface area contributed by atoms with Gasteiger partial charge in [0.1, 0.15) is 5.69 Å². The van der Waals surface area contributed by atoms with Gasteiger partial charge in [-0.3, -0.25) is 0 Å². The SMILES string of the molecule is Cc1ccc(C)c(-c2nn(-c3cccc(Br)c3)cc2N)c1. The van der Waals surface area contributed by atoms with E-state index in [9.17, 15) is 0 Å². The molecule has 2 aromatic carbocycles. The molecular weight excluding hydrogens is 326 g/mol. The van der Waals surface area contributed by atoms with E-state index in [-0.39, 0.29) is 0 Å². The van der Waals surface area contributed by atoms with Crippen molar-refractivity contribution in [2.24, 2.45) is 0 Å². The zero-order chi connectivity index (χ0) is 15.0. The first-order chi connectivity index (χ1) is 10.0. The number of hydrogen-bond donors (Lipinski definition) is 1. The molecule has 0 atom stereocenters. The highest BCUT2D eigenvalue weighted by molar-refractivity contribution is 9.10. The van der Waals surface area contributed by atoms with Crippen molar-refractivity contribution in [3.05, 3.63) is 64.3 Å². The van der Waals surface area contributed by atoms with Gasteiger partial charge in [0.15, 0.2) is 0 Å². The monoisotopic (exact) mass is 341 g/mol. The summed E-state index contributed by atoms with van der Waals surface area (Å²) in [7, 11) is 0. The zero-order valence-electron chi connectivity index (χ0n) is 12.0. The van der Waals surface area contributed by atoms with Gasteiger partial charge in [-0.05, 0) is 43.7 Å². The second-order valence-electron chi connectivity index (χ2n) is 5.18. The van der Waals surface area contributed by atoms with Crippen molar-refractivity contribution < 1.29 is 0 Å². The van der Waals surface area contributed by atoms with Crippen LogP contribution in [0.25, 0.3) is 16.9 Å². The Hall–Kier alpha value is -2.07. The molecule has 0 unspecified atom stereocenters. The minimum atomic E-state index is 0.684. The Kier molecular flexibility index (Phi) is 3.55. The van der Waals surface area contributed by atoms with Crippen LogP contribution in [-0.4, -0.2) is 9.78 Å². The predicted molar refractivity (Wildman–Crippen MR) is 90.6 cm³/mol. The van der Waals surface area contributed by atoms with Crippen LogP contribution in [0.4, 0.5) is 5.69 Å². The number of hydrogen-bond acceptors (Lipinski definition) is 2. The minimum absolute atomic E-state index is 0.684. The minimum Gasteiger partial charge on any atom is -0.396 e. The number of nitrogens with two attached hydrogens (primary N) is 1. The van der Waals surface area contributed by atoms with Crippen LogP contribution in [0.1, 0.15) is 11.1 Å². The zero-order valence-corrected chi connectivity index (χ0v) is 13.6. The standard InChI is InChI=1S/C17H16BrN3/c1-11-6-7-12(2)15(8-11)17-16(19)10-21(20-17)14-5-3-4-13(18)9-14/h3-10H,19H2,1-2H3. The lowest BCUT2D eigenvalue weighted by Crippen LogP contribution is -1.95. The molecule has 0 fully saturated rings. The Morgan fingerprint density at radius 2 is 1.90 bits per heavy atom. The van der Waals surface area contributed by atoms with E-state index in [4.69, 9.17) is 5.73 Å². The number of anilines is 1. The Morgan fingerprint density at radius 1 is 1.10 bits per heavy atom. The maximum atomic E-state index is 6.17. The predicted octanol–water partition coefficient (Wildman–Crippen LogP) is 4.50. The normalized spacial score (nSPS) is 10.8. The van der Waals surface area contributed by atoms with Crippen LogP contribution in [0, 0.1) is 13.8 Å². The maximum Gasteiger partial charge on any atom is 0.116 e. The van der Waals surface area contributed by atoms with E-state index < -0.39 is 0 Å². The fourth-order valence-electron chi connectivity index (χ4n) is 2.34. The number of aromatic nitrogens is 2. The molecule has 1 heterocycles. The summed E-state index contributed by atoms with van der Waals surface area (Å²) in [6, 6.07) is 14.3. The summed E-state index contributed by atoms with van der Waals surface area (Å²) in [5, 5.41) is 4.66. The summed E-state index contributed by atoms with van der Waals surface area (Å²) >= 11 is 3.48. The molecule has 2 N–H and O–H groups in total. The van der Waals surface area contributed by atoms with E-state index in [1.165, 1.54) is 11.1 Å². The molecule has 0 aliphatic heterocycles. The number of aryl methyl sites for hydroxylation is 2. The fraction of sp³-hybridized carbons (Fsp3) is 0.118. The van der Waals surface area contributed by atoms with E-state index in [1.54, 1.807) is 0 Å². The number of halogens is 1. The Morgan fingerprint density at radius 3 is 2.67 bits per heavy atom. The van der Waals surface area contributed by atoms with Crippen molar-refractivity contribution in [1.29, 1.82) is 0 Å². The molecule has 3 aromatic rings. The highest BCUT2D eigenvalue weighted by Crippen LogP contribution is 2.29. The molecule has 0 bridgehead atoms. The molecule has 4 heteroatoms. The molecule has 0 radical (unpaired) electrons. The van der Waals surface area contributed by atoms with Crippen molar-refractivity contribution in [2.75, 3.05) is 5.73 Å². The van der Waals surface area contributed by atoms with E-state index in [0.717, 1.165) is 21.4 Å². The van der Waals surface area contributed by atoms with Gasteiger partial charge in [0.05, 0.1) is 17.6 Å². The second kappa shape index (κ2) is 5.37. The lowest BCUT2D eigenvalue weighted by molar-refractivity contribution is 0.883. The van der Waals surface area contributed by atoms with E-state index in [0.29, 0.717) is 5.69 Å². The van der Waals surface area contributed by atoms with Crippen LogP contribution in [0.3, 0.4) is 0 Å². The molecule has 1 aromatic heterocycles.